The van der Waals surface area contributed by atoms with E-state index in [-0.39, 0.29) is 26.4 Å². The lowest BCUT2D eigenvalue weighted by atomic mass is 10.2. The highest BCUT2D eigenvalue weighted by Crippen LogP contribution is 2.13. The molecule has 0 N–H and O–H groups in total. The zero-order chi connectivity index (χ0) is 14.8. The van der Waals surface area contributed by atoms with Crippen molar-refractivity contribution in [2.75, 3.05) is 6.61 Å². The highest BCUT2D eigenvalue weighted by molar-refractivity contribution is 14.1. The monoisotopic (exact) mass is 496 g/mol. The van der Waals surface area contributed by atoms with Gasteiger partial charge in [0.25, 0.3) is 0 Å². The van der Waals surface area contributed by atoms with Crippen LogP contribution in [0.3, 0.4) is 0 Å². The summed E-state index contributed by atoms with van der Waals surface area (Å²) in [6, 6.07) is 0. The molecule has 3 unspecified atom stereocenters. The van der Waals surface area contributed by atoms with E-state index in [4.69, 9.17) is 9.47 Å². The van der Waals surface area contributed by atoms with Crippen LogP contribution in [0, 0.1) is 0 Å². The molecule has 0 aromatic heterocycles. The Morgan fingerprint density at radius 2 is 1.47 bits per heavy atom. The molecule has 0 saturated carbocycles. The summed E-state index contributed by atoms with van der Waals surface area (Å²) in [5.74, 6) is -0.462. The Morgan fingerprint density at radius 1 is 1.00 bits per heavy atom. The second kappa shape index (κ2) is 11.1. The third kappa shape index (κ3) is 9.04. The molecule has 0 heterocycles. The lowest BCUT2D eigenvalue weighted by Crippen LogP contribution is -2.28. The van der Waals surface area contributed by atoms with Crippen molar-refractivity contribution in [1.82, 2.24) is 0 Å². The molecule has 0 bridgehead atoms. The Morgan fingerprint density at radius 3 is 1.95 bits per heavy atom. The van der Waals surface area contributed by atoms with Gasteiger partial charge >= 0.3 is 11.9 Å². The van der Waals surface area contributed by atoms with Crippen LogP contribution >= 0.6 is 45.2 Å². The Labute approximate surface area is 142 Å². The molecule has 0 aliphatic heterocycles. The van der Waals surface area contributed by atoms with Gasteiger partial charge in [0.15, 0.2) is 0 Å². The van der Waals surface area contributed by atoms with Crippen molar-refractivity contribution in [3.05, 3.63) is 0 Å². The third-order valence-electron chi connectivity index (χ3n) is 2.37. The summed E-state index contributed by atoms with van der Waals surface area (Å²) < 4.78 is 10.1. The van der Waals surface area contributed by atoms with Crippen LogP contribution in [0.1, 0.15) is 46.5 Å². The average Bonchev–Trinajstić information content (AvgIpc) is 2.36. The van der Waals surface area contributed by atoms with E-state index in [0.717, 1.165) is 25.7 Å². The molecule has 19 heavy (non-hydrogen) atoms. The van der Waals surface area contributed by atoms with Crippen LogP contribution < -0.4 is 0 Å². The normalized spacial score (nSPS) is 15.4. The summed E-state index contributed by atoms with van der Waals surface area (Å²) in [4.78, 5) is 23.2. The molecule has 4 nitrogen and oxygen atoms in total. The van der Waals surface area contributed by atoms with Crippen LogP contribution in [0.4, 0.5) is 0 Å². The maximum absolute atomic E-state index is 11.7. The summed E-state index contributed by atoms with van der Waals surface area (Å²) in [5, 5.41) is 0. The lowest BCUT2D eigenvalue weighted by molar-refractivity contribution is -0.156. The van der Waals surface area contributed by atoms with Crippen LogP contribution in [0.2, 0.25) is 0 Å². The van der Waals surface area contributed by atoms with Gasteiger partial charge in [-0.1, -0.05) is 71.9 Å². The molecule has 0 aliphatic rings. The number of alkyl halides is 2. The van der Waals surface area contributed by atoms with Crippen molar-refractivity contribution in [3.63, 3.8) is 0 Å². The van der Waals surface area contributed by atoms with Gasteiger partial charge < -0.3 is 9.47 Å². The first-order valence-corrected chi connectivity index (χ1v) is 9.06. The Bertz CT molecular complexity index is 284. The second-order valence-corrected chi connectivity index (χ2v) is 7.40. The molecule has 0 aromatic rings. The first-order valence-electron chi connectivity index (χ1n) is 6.57. The number of hydrogen-bond donors (Lipinski definition) is 0. The molecule has 112 valence electrons. The average molecular weight is 496 g/mol. The topological polar surface area (TPSA) is 52.6 Å². The second-order valence-electron chi connectivity index (χ2n) is 4.39. The fourth-order valence-electron chi connectivity index (χ4n) is 1.34. The third-order valence-corrected chi connectivity index (χ3v) is 4.64. The molecule has 0 radical (unpaired) electrons. The molecule has 0 aliphatic carbocycles. The minimum atomic E-state index is -0.393. The lowest BCUT2D eigenvalue weighted by Gasteiger charge is -2.16. The van der Waals surface area contributed by atoms with Crippen LogP contribution in [0.5, 0.6) is 0 Å². The smallest absolute Gasteiger partial charge is 0.319 e. The van der Waals surface area contributed by atoms with E-state index in [0.29, 0.717) is 0 Å². The van der Waals surface area contributed by atoms with Gasteiger partial charge in [-0.25, -0.2) is 0 Å². The maximum Gasteiger partial charge on any atom is 0.319 e. The van der Waals surface area contributed by atoms with Gasteiger partial charge in [-0.05, 0) is 19.8 Å². The van der Waals surface area contributed by atoms with E-state index in [1.165, 1.54) is 0 Å². The quantitative estimate of drug-likeness (QED) is 0.278. The van der Waals surface area contributed by atoms with E-state index in [2.05, 4.69) is 45.2 Å². The number of hydrogen-bond acceptors (Lipinski definition) is 4. The van der Waals surface area contributed by atoms with E-state index in [1.54, 1.807) is 6.92 Å². The summed E-state index contributed by atoms with van der Waals surface area (Å²) in [6.07, 6.45) is 3.11. The van der Waals surface area contributed by atoms with E-state index < -0.39 is 6.10 Å². The van der Waals surface area contributed by atoms with Gasteiger partial charge in [-0.15, -0.1) is 0 Å². The van der Waals surface area contributed by atoms with Gasteiger partial charge in [0.2, 0.25) is 0 Å². The molecule has 0 spiro atoms. The highest BCUT2D eigenvalue weighted by atomic mass is 127. The summed E-state index contributed by atoms with van der Waals surface area (Å²) in [5.41, 5.74) is 0. The van der Waals surface area contributed by atoms with Crippen molar-refractivity contribution < 1.29 is 19.1 Å². The Hall–Kier alpha value is 0.400. The van der Waals surface area contributed by atoms with E-state index in [9.17, 15) is 9.59 Å². The van der Waals surface area contributed by atoms with E-state index in [1.807, 2.05) is 13.8 Å². The number of ether oxygens (including phenoxy) is 2. The molecule has 6 heteroatoms. The molecule has 3 atom stereocenters. The van der Waals surface area contributed by atoms with Gasteiger partial charge in [-0.2, -0.15) is 0 Å². The largest absolute Gasteiger partial charge is 0.461 e. The molecule has 0 saturated heterocycles. The zero-order valence-corrected chi connectivity index (χ0v) is 16.0. The number of esters is 2. The molecule has 0 aromatic carbocycles. The fraction of sp³-hybridized carbons (Fsp3) is 0.846. The van der Waals surface area contributed by atoms with Gasteiger partial charge in [-0.3, -0.25) is 9.59 Å². The van der Waals surface area contributed by atoms with E-state index >= 15 is 0 Å². The predicted octanol–water partition coefficient (Wildman–Crippen LogP) is 3.67. The van der Waals surface area contributed by atoms with Crippen LogP contribution in [-0.2, 0) is 19.1 Å². The number of carbonyl (C=O) groups excluding carboxylic acids is 2. The first kappa shape index (κ1) is 19.4. The van der Waals surface area contributed by atoms with Crippen LogP contribution in [0.25, 0.3) is 0 Å². The highest BCUT2D eigenvalue weighted by Gasteiger charge is 2.20. The van der Waals surface area contributed by atoms with Crippen molar-refractivity contribution >= 4 is 57.1 Å². The molecular formula is C13H22I2O4. The number of rotatable bonds is 9. The standard InChI is InChI=1S/C13H22I2O4/c1-4-6-10(14)12(16)18-8-9(3)19-13(17)11(15)7-5-2/h9-11H,4-8H2,1-3H3. The van der Waals surface area contributed by atoms with Crippen LogP contribution in [-0.4, -0.2) is 32.5 Å². The fourth-order valence-corrected chi connectivity index (χ4v) is 2.91. The van der Waals surface area contributed by atoms with Gasteiger partial charge in [0, 0.05) is 0 Å². The van der Waals surface area contributed by atoms with Crippen molar-refractivity contribution in [1.29, 1.82) is 0 Å². The van der Waals surface area contributed by atoms with Gasteiger partial charge in [0.1, 0.15) is 20.6 Å². The molecule has 0 amide bonds. The molecule has 0 rings (SSSR count). The first-order chi connectivity index (χ1) is 8.92. The minimum absolute atomic E-state index is 0.122. The summed E-state index contributed by atoms with van der Waals surface area (Å²) >= 11 is 4.16. The summed E-state index contributed by atoms with van der Waals surface area (Å²) in [7, 11) is 0. The van der Waals surface area contributed by atoms with Crippen molar-refractivity contribution in [3.8, 4) is 0 Å². The van der Waals surface area contributed by atoms with Crippen molar-refractivity contribution in [2.45, 2.75) is 60.4 Å². The minimum Gasteiger partial charge on any atom is -0.461 e. The number of carbonyl (C=O) groups is 2. The summed E-state index contributed by atoms with van der Waals surface area (Å²) in [6.45, 7) is 5.92. The predicted molar refractivity (Wildman–Crippen MR) is 91.9 cm³/mol. The maximum atomic E-state index is 11.7. The Balaban J connectivity index is 3.95. The Kier molecular flexibility index (Phi) is 11.3. The molecular weight excluding hydrogens is 474 g/mol. The molecule has 0 fully saturated rings. The van der Waals surface area contributed by atoms with Crippen LogP contribution in [0.15, 0.2) is 0 Å². The SMILES string of the molecule is CCCC(I)C(=O)OCC(C)OC(=O)C(I)CCC. The van der Waals surface area contributed by atoms with Gasteiger partial charge in [0.05, 0.1) is 0 Å². The van der Waals surface area contributed by atoms with Crippen molar-refractivity contribution in [2.24, 2.45) is 0 Å². The zero-order valence-electron chi connectivity index (χ0n) is 11.7. The number of halogens is 2.